The van der Waals surface area contributed by atoms with Crippen LogP contribution in [0.15, 0.2) is 52.2 Å². The molecule has 2 heterocycles. The molecule has 1 atom stereocenters. The number of thioether (sulfide) groups is 1. The van der Waals surface area contributed by atoms with Crippen molar-refractivity contribution in [3.63, 3.8) is 0 Å². The average Bonchev–Trinajstić information content (AvgIpc) is 3.24. The van der Waals surface area contributed by atoms with Crippen LogP contribution in [-0.4, -0.2) is 26.2 Å². The number of carbonyl (C=O) groups excluding carboxylic acids is 1. The van der Waals surface area contributed by atoms with Gasteiger partial charge in [0, 0.05) is 11.8 Å². The molecule has 0 aliphatic carbocycles. The van der Waals surface area contributed by atoms with Crippen molar-refractivity contribution in [2.75, 3.05) is 0 Å². The van der Waals surface area contributed by atoms with E-state index in [9.17, 15) is 4.79 Å². The van der Waals surface area contributed by atoms with Crippen LogP contribution in [0.25, 0.3) is 11.6 Å². The molecule has 3 aromatic rings. The number of benzene rings is 1. The molecule has 130 valence electrons. The second kappa shape index (κ2) is 6.88. The Balaban J connectivity index is 1.68. The molecule has 0 radical (unpaired) electrons. The fourth-order valence-corrected chi connectivity index (χ4v) is 3.16. The van der Waals surface area contributed by atoms with E-state index in [1.807, 2.05) is 43.3 Å². The van der Waals surface area contributed by atoms with Crippen molar-refractivity contribution in [3.8, 4) is 11.6 Å². The summed E-state index contributed by atoms with van der Waals surface area (Å²) >= 11 is 1.27. The second-order valence-electron chi connectivity index (χ2n) is 6.91. The number of hydrogen-bond acceptors (Lipinski definition) is 5. The Hall–Kier alpha value is -2.34. The lowest BCUT2D eigenvalue weighted by Gasteiger charge is -2.19. The van der Waals surface area contributed by atoms with E-state index < -0.39 is 0 Å². The van der Waals surface area contributed by atoms with E-state index in [0.717, 1.165) is 5.69 Å². The fourth-order valence-electron chi connectivity index (χ4n) is 2.40. The molecule has 5 nitrogen and oxygen atoms in total. The number of aromatic amines is 1. The van der Waals surface area contributed by atoms with Gasteiger partial charge in [-0.05, 0) is 30.0 Å². The first kappa shape index (κ1) is 17.5. The van der Waals surface area contributed by atoms with E-state index in [-0.39, 0.29) is 16.4 Å². The highest BCUT2D eigenvalue weighted by atomic mass is 32.2. The highest BCUT2D eigenvalue weighted by molar-refractivity contribution is 8.00. The molecule has 0 aliphatic heterocycles. The molecular weight excluding hydrogens is 334 g/mol. The van der Waals surface area contributed by atoms with E-state index >= 15 is 0 Å². The Labute approximate surface area is 151 Å². The van der Waals surface area contributed by atoms with Crippen LogP contribution in [-0.2, 0) is 5.41 Å². The molecule has 0 unspecified atom stereocenters. The van der Waals surface area contributed by atoms with Gasteiger partial charge in [-0.2, -0.15) is 0 Å². The summed E-state index contributed by atoms with van der Waals surface area (Å²) in [7, 11) is 0. The van der Waals surface area contributed by atoms with Crippen LogP contribution in [0, 0.1) is 0 Å². The highest BCUT2D eigenvalue weighted by Gasteiger charge is 2.21. The number of Topliss-reactive ketones (excluding diaryl/α,β-unsaturated/α-hetero) is 1. The number of hydrogen-bond donors (Lipinski definition) is 1. The third kappa shape index (κ3) is 4.02. The van der Waals surface area contributed by atoms with Crippen LogP contribution < -0.4 is 0 Å². The van der Waals surface area contributed by atoms with E-state index in [4.69, 9.17) is 4.42 Å². The first-order valence-corrected chi connectivity index (χ1v) is 9.01. The minimum Gasteiger partial charge on any atom is -0.410 e. The minimum atomic E-state index is -0.308. The van der Waals surface area contributed by atoms with Gasteiger partial charge in [-0.1, -0.05) is 56.8 Å². The van der Waals surface area contributed by atoms with Gasteiger partial charge in [0.1, 0.15) is 5.69 Å². The number of rotatable bonds is 5. The molecule has 0 aliphatic rings. The highest BCUT2D eigenvalue weighted by Crippen LogP contribution is 2.28. The molecule has 0 amide bonds. The van der Waals surface area contributed by atoms with Crippen LogP contribution in [0.2, 0.25) is 0 Å². The van der Waals surface area contributed by atoms with Gasteiger partial charge in [0.05, 0.1) is 5.25 Å². The first-order valence-electron chi connectivity index (χ1n) is 8.13. The number of ketones is 1. The summed E-state index contributed by atoms with van der Waals surface area (Å²) in [5.41, 5.74) is 2.73. The summed E-state index contributed by atoms with van der Waals surface area (Å²) in [6.07, 6.45) is 1.79. The Morgan fingerprint density at radius 1 is 1.16 bits per heavy atom. The zero-order valence-corrected chi connectivity index (χ0v) is 15.6. The average molecular weight is 355 g/mol. The molecule has 0 saturated heterocycles. The lowest BCUT2D eigenvalue weighted by molar-refractivity contribution is 0.0993. The topological polar surface area (TPSA) is 71.8 Å². The lowest BCUT2D eigenvalue weighted by Crippen LogP contribution is -2.15. The van der Waals surface area contributed by atoms with Crippen LogP contribution in [0.3, 0.4) is 0 Å². The van der Waals surface area contributed by atoms with Gasteiger partial charge in [-0.15, -0.1) is 10.2 Å². The molecule has 3 rings (SSSR count). The molecule has 0 saturated carbocycles. The zero-order valence-electron chi connectivity index (χ0n) is 14.7. The predicted molar refractivity (Wildman–Crippen MR) is 98.9 cm³/mol. The molecule has 1 aromatic carbocycles. The normalized spacial score (nSPS) is 13.0. The van der Waals surface area contributed by atoms with Gasteiger partial charge in [-0.25, -0.2) is 0 Å². The monoisotopic (exact) mass is 355 g/mol. The Kier molecular flexibility index (Phi) is 4.81. The van der Waals surface area contributed by atoms with Crippen LogP contribution >= 0.6 is 11.8 Å². The molecule has 0 bridgehead atoms. The predicted octanol–water partition coefficient (Wildman–Crippen LogP) is 4.73. The third-order valence-corrected chi connectivity index (χ3v) is 4.85. The maximum absolute atomic E-state index is 12.6. The van der Waals surface area contributed by atoms with Gasteiger partial charge in [0.2, 0.25) is 0 Å². The molecule has 25 heavy (non-hydrogen) atoms. The molecule has 1 N–H and O–H groups in total. The van der Waals surface area contributed by atoms with E-state index in [1.54, 1.807) is 6.20 Å². The zero-order chi connectivity index (χ0) is 18.0. The number of aromatic nitrogens is 3. The maximum atomic E-state index is 12.6. The number of nitrogens with zero attached hydrogens (tertiary/aromatic N) is 2. The largest absolute Gasteiger partial charge is 0.410 e. The smallest absolute Gasteiger partial charge is 0.277 e. The second-order valence-corrected chi connectivity index (χ2v) is 8.20. The first-order chi connectivity index (χ1) is 11.8. The summed E-state index contributed by atoms with van der Waals surface area (Å²) in [5, 5.41) is 8.09. The molecule has 2 aromatic heterocycles. The Morgan fingerprint density at radius 2 is 1.88 bits per heavy atom. The molecule has 0 spiro atoms. The number of carbonyl (C=O) groups is 1. The lowest BCUT2D eigenvalue weighted by atomic mass is 9.86. The third-order valence-electron chi connectivity index (χ3n) is 3.92. The SMILES string of the molecule is C[C@@H](Sc1nnc(-c2ccc[nH]2)o1)C(=O)c1ccc(C(C)(C)C)cc1. The van der Waals surface area contributed by atoms with E-state index in [0.29, 0.717) is 16.7 Å². The Bertz CT molecular complexity index is 846. The fraction of sp³-hybridized carbons (Fsp3) is 0.316. The summed E-state index contributed by atoms with van der Waals surface area (Å²) in [4.78, 5) is 15.6. The van der Waals surface area contributed by atoms with Crippen molar-refractivity contribution in [2.24, 2.45) is 0 Å². The molecule has 6 heteroatoms. The summed E-state index contributed by atoms with van der Waals surface area (Å²) in [6, 6.07) is 11.5. The summed E-state index contributed by atoms with van der Waals surface area (Å²) in [6.45, 7) is 8.31. The van der Waals surface area contributed by atoms with Crippen molar-refractivity contribution < 1.29 is 9.21 Å². The maximum Gasteiger partial charge on any atom is 0.277 e. The van der Waals surface area contributed by atoms with E-state index in [1.165, 1.54) is 17.3 Å². The van der Waals surface area contributed by atoms with E-state index in [2.05, 4.69) is 36.0 Å². The van der Waals surface area contributed by atoms with Gasteiger partial charge >= 0.3 is 0 Å². The summed E-state index contributed by atoms with van der Waals surface area (Å²) in [5.74, 6) is 0.465. The van der Waals surface area contributed by atoms with Gasteiger partial charge in [0.15, 0.2) is 5.78 Å². The van der Waals surface area contributed by atoms with Crippen molar-refractivity contribution in [1.29, 1.82) is 0 Å². The van der Waals surface area contributed by atoms with Crippen molar-refractivity contribution in [1.82, 2.24) is 15.2 Å². The van der Waals surface area contributed by atoms with Crippen LogP contribution in [0.1, 0.15) is 43.6 Å². The van der Waals surface area contributed by atoms with Gasteiger partial charge in [0.25, 0.3) is 11.1 Å². The van der Waals surface area contributed by atoms with Crippen molar-refractivity contribution in [3.05, 3.63) is 53.7 Å². The van der Waals surface area contributed by atoms with Crippen LogP contribution in [0.4, 0.5) is 0 Å². The summed E-state index contributed by atoms with van der Waals surface area (Å²) < 4.78 is 5.61. The van der Waals surface area contributed by atoms with Crippen LogP contribution in [0.5, 0.6) is 0 Å². The Morgan fingerprint density at radius 3 is 2.48 bits per heavy atom. The minimum absolute atomic E-state index is 0.0464. The van der Waals surface area contributed by atoms with Gasteiger partial charge in [-0.3, -0.25) is 4.79 Å². The molecular formula is C19H21N3O2S. The number of nitrogens with one attached hydrogen (secondary N) is 1. The van der Waals surface area contributed by atoms with Crippen molar-refractivity contribution >= 4 is 17.5 Å². The van der Waals surface area contributed by atoms with Gasteiger partial charge < -0.3 is 9.40 Å². The van der Waals surface area contributed by atoms with Crippen molar-refractivity contribution in [2.45, 2.75) is 43.6 Å². The quantitative estimate of drug-likeness (QED) is 0.529. The molecule has 0 fully saturated rings. The number of H-pyrrole nitrogens is 1. The standard InChI is InChI=1S/C19H21N3O2S/c1-12(16(23)13-7-9-14(10-8-13)19(2,3)4)25-18-22-21-17(24-18)15-6-5-11-20-15/h5-12,20H,1-4H3/t12-/m1/s1.